The summed E-state index contributed by atoms with van der Waals surface area (Å²) in [6, 6.07) is 1.63. The number of carbonyl (C=O) groups excluding carboxylic acids is 1. The minimum Gasteiger partial charge on any atom is -0.469 e. The van der Waals surface area contributed by atoms with E-state index in [0.29, 0.717) is 17.7 Å². The second kappa shape index (κ2) is 4.67. The number of aliphatic hydroxyl groups is 1. The van der Waals surface area contributed by atoms with Gasteiger partial charge in [-0.15, -0.1) is 0 Å². The SMILES string of the molecule is CCc1occc1C(=O)NCCO. The fourth-order valence-corrected chi connectivity index (χ4v) is 1.08. The Morgan fingerprint density at radius 3 is 3.08 bits per heavy atom. The van der Waals surface area contributed by atoms with Crippen LogP contribution < -0.4 is 5.32 Å². The molecule has 4 heteroatoms. The summed E-state index contributed by atoms with van der Waals surface area (Å²) >= 11 is 0. The molecule has 0 aliphatic heterocycles. The van der Waals surface area contributed by atoms with Crippen molar-refractivity contribution in [2.24, 2.45) is 0 Å². The van der Waals surface area contributed by atoms with Crippen molar-refractivity contribution in [1.29, 1.82) is 0 Å². The third kappa shape index (κ3) is 2.32. The van der Waals surface area contributed by atoms with Crippen molar-refractivity contribution >= 4 is 5.91 Å². The summed E-state index contributed by atoms with van der Waals surface area (Å²) in [5, 5.41) is 11.1. The molecule has 0 unspecified atom stereocenters. The largest absolute Gasteiger partial charge is 0.469 e. The summed E-state index contributed by atoms with van der Waals surface area (Å²) in [5.74, 6) is 0.482. The van der Waals surface area contributed by atoms with Gasteiger partial charge in [0.1, 0.15) is 5.76 Å². The van der Waals surface area contributed by atoms with Crippen LogP contribution in [0.4, 0.5) is 0 Å². The van der Waals surface area contributed by atoms with E-state index in [1.165, 1.54) is 6.26 Å². The fourth-order valence-electron chi connectivity index (χ4n) is 1.08. The van der Waals surface area contributed by atoms with Crippen molar-refractivity contribution in [3.8, 4) is 0 Å². The van der Waals surface area contributed by atoms with E-state index in [4.69, 9.17) is 9.52 Å². The smallest absolute Gasteiger partial charge is 0.254 e. The highest BCUT2D eigenvalue weighted by Crippen LogP contribution is 2.10. The summed E-state index contributed by atoms with van der Waals surface area (Å²) in [6.45, 7) is 2.14. The van der Waals surface area contributed by atoms with Crippen LogP contribution in [0.1, 0.15) is 23.0 Å². The lowest BCUT2D eigenvalue weighted by Gasteiger charge is -2.01. The predicted octanol–water partition coefficient (Wildman–Crippen LogP) is 0.564. The van der Waals surface area contributed by atoms with Crippen LogP contribution in [0, 0.1) is 0 Å². The van der Waals surface area contributed by atoms with Gasteiger partial charge in [-0.1, -0.05) is 6.92 Å². The highest BCUT2D eigenvalue weighted by Gasteiger charge is 2.11. The number of aryl methyl sites for hydroxylation is 1. The third-order valence-electron chi connectivity index (χ3n) is 1.71. The molecule has 2 N–H and O–H groups in total. The van der Waals surface area contributed by atoms with E-state index in [0.717, 1.165) is 0 Å². The molecular weight excluding hydrogens is 170 g/mol. The van der Waals surface area contributed by atoms with E-state index >= 15 is 0 Å². The molecule has 1 amide bonds. The topological polar surface area (TPSA) is 62.5 Å². The van der Waals surface area contributed by atoms with Crippen LogP contribution in [-0.2, 0) is 6.42 Å². The number of rotatable bonds is 4. The predicted molar refractivity (Wildman–Crippen MR) is 47.5 cm³/mol. The lowest BCUT2D eigenvalue weighted by atomic mass is 10.2. The average molecular weight is 183 g/mol. The van der Waals surface area contributed by atoms with Crippen LogP contribution in [-0.4, -0.2) is 24.2 Å². The van der Waals surface area contributed by atoms with Gasteiger partial charge >= 0.3 is 0 Å². The maximum atomic E-state index is 11.4. The van der Waals surface area contributed by atoms with E-state index in [2.05, 4.69) is 5.32 Å². The molecule has 72 valence electrons. The Morgan fingerprint density at radius 1 is 1.69 bits per heavy atom. The molecular formula is C9H13NO3. The lowest BCUT2D eigenvalue weighted by molar-refractivity contribution is 0.0943. The van der Waals surface area contributed by atoms with Crippen molar-refractivity contribution in [2.75, 3.05) is 13.2 Å². The molecule has 13 heavy (non-hydrogen) atoms. The van der Waals surface area contributed by atoms with Gasteiger partial charge in [-0.2, -0.15) is 0 Å². The zero-order valence-corrected chi connectivity index (χ0v) is 7.54. The third-order valence-corrected chi connectivity index (χ3v) is 1.71. The molecule has 1 rings (SSSR count). The maximum absolute atomic E-state index is 11.4. The van der Waals surface area contributed by atoms with E-state index in [1.807, 2.05) is 6.92 Å². The molecule has 0 radical (unpaired) electrons. The van der Waals surface area contributed by atoms with Crippen LogP contribution >= 0.6 is 0 Å². The summed E-state index contributed by atoms with van der Waals surface area (Å²) in [5.41, 5.74) is 0.552. The Kier molecular flexibility index (Phi) is 3.52. The first kappa shape index (κ1) is 9.80. The van der Waals surface area contributed by atoms with Crippen molar-refractivity contribution in [2.45, 2.75) is 13.3 Å². The van der Waals surface area contributed by atoms with Crippen molar-refractivity contribution < 1.29 is 14.3 Å². The van der Waals surface area contributed by atoms with Crippen LogP contribution in [0.25, 0.3) is 0 Å². The summed E-state index contributed by atoms with van der Waals surface area (Å²) in [6.07, 6.45) is 2.18. The van der Waals surface area contributed by atoms with Gasteiger partial charge in [-0.05, 0) is 6.07 Å². The molecule has 0 atom stereocenters. The molecule has 0 spiro atoms. The highest BCUT2D eigenvalue weighted by molar-refractivity contribution is 5.95. The zero-order valence-electron chi connectivity index (χ0n) is 7.54. The summed E-state index contributed by atoms with van der Waals surface area (Å²) in [4.78, 5) is 11.4. The number of hydrogen-bond acceptors (Lipinski definition) is 3. The van der Waals surface area contributed by atoms with E-state index in [-0.39, 0.29) is 19.1 Å². The van der Waals surface area contributed by atoms with E-state index in [1.54, 1.807) is 6.07 Å². The Hall–Kier alpha value is -1.29. The molecule has 1 heterocycles. The summed E-state index contributed by atoms with van der Waals surface area (Å²) in [7, 11) is 0. The molecule has 0 aromatic carbocycles. The van der Waals surface area contributed by atoms with Gasteiger partial charge < -0.3 is 14.8 Å². The van der Waals surface area contributed by atoms with E-state index in [9.17, 15) is 4.79 Å². The molecule has 1 aromatic rings. The molecule has 0 fully saturated rings. The van der Waals surface area contributed by atoms with Crippen LogP contribution in [0.3, 0.4) is 0 Å². The fraction of sp³-hybridized carbons (Fsp3) is 0.444. The molecule has 1 aromatic heterocycles. The molecule has 0 saturated carbocycles. The number of aliphatic hydroxyl groups excluding tert-OH is 1. The van der Waals surface area contributed by atoms with Crippen molar-refractivity contribution in [1.82, 2.24) is 5.32 Å². The first-order valence-electron chi connectivity index (χ1n) is 4.25. The van der Waals surface area contributed by atoms with Crippen LogP contribution in [0.15, 0.2) is 16.7 Å². The maximum Gasteiger partial charge on any atom is 0.254 e. The van der Waals surface area contributed by atoms with Gasteiger partial charge in [0.25, 0.3) is 5.91 Å². The molecule has 0 saturated heterocycles. The van der Waals surface area contributed by atoms with Gasteiger partial charge in [-0.25, -0.2) is 0 Å². The summed E-state index contributed by atoms with van der Waals surface area (Å²) < 4.78 is 5.09. The molecule has 0 aliphatic carbocycles. The Morgan fingerprint density at radius 2 is 2.46 bits per heavy atom. The van der Waals surface area contributed by atoms with Crippen LogP contribution in [0.2, 0.25) is 0 Å². The highest BCUT2D eigenvalue weighted by atomic mass is 16.3. The van der Waals surface area contributed by atoms with Crippen LogP contribution in [0.5, 0.6) is 0 Å². The van der Waals surface area contributed by atoms with Gasteiger partial charge in [0.15, 0.2) is 0 Å². The number of nitrogens with one attached hydrogen (secondary N) is 1. The Bertz CT molecular complexity index is 280. The quantitative estimate of drug-likeness (QED) is 0.717. The van der Waals surface area contributed by atoms with Crippen molar-refractivity contribution in [3.05, 3.63) is 23.7 Å². The second-order valence-electron chi connectivity index (χ2n) is 2.59. The zero-order chi connectivity index (χ0) is 9.68. The molecule has 0 aliphatic rings. The Balaban J connectivity index is 2.65. The average Bonchev–Trinajstić information content (AvgIpc) is 2.61. The van der Waals surface area contributed by atoms with E-state index < -0.39 is 0 Å². The number of hydrogen-bond donors (Lipinski definition) is 2. The Labute approximate surface area is 76.6 Å². The minimum absolute atomic E-state index is 0.0505. The first-order valence-corrected chi connectivity index (χ1v) is 4.25. The standard InChI is InChI=1S/C9H13NO3/c1-2-8-7(3-6-13-8)9(12)10-4-5-11/h3,6,11H,2,4-5H2,1H3,(H,10,12). The lowest BCUT2D eigenvalue weighted by Crippen LogP contribution is -2.26. The first-order chi connectivity index (χ1) is 6.29. The number of carbonyl (C=O) groups is 1. The van der Waals surface area contributed by atoms with Gasteiger partial charge in [-0.3, -0.25) is 4.79 Å². The molecule has 0 bridgehead atoms. The van der Waals surface area contributed by atoms with Gasteiger partial charge in [0.05, 0.1) is 18.4 Å². The minimum atomic E-state index is -0.195. The second-order valence-corrected chi connectivity index (χ2v) is 2.59. The van der Waals surface area contributed by atoms with Crippen molar-refractivity contribution in [3.63, 3.8) is 0 Å². The monoisotopic (exact) mass is 183 g/mol. The number of furan rings is 1. The van der Waals surface area contributed by atoms with Gasteiger partial charge in [0, 0.05) is 13.0 Å². The number of amides is 1. The molecule has 4 nitrogen and oxygen atoms in total. The normalized spacial score (nSPS) is 10.0. The van der Waals surface area contributed by atoms with Gasteiger partial charge in [0.2, 0.25) is 0 Å².